The Hall–Kier alpha value is -2.77. The van der Waals surface area contributed by atoms with E-state index in [1.807, 2.05) is 0 Å². The molecule has 0 saturated carbocycles. The van der Waals surface area contributed by atoms with Crippen LogP contribution in [0.2, 0.25) is 5.02 Å². The molecule has 0 aliphatic carbocycles. The van der Waals surface area contributed by atoms with Crippen molar-refractivity contribution >= 4 is 52.2 Å². The Morgan fingerprint density at radius 3 is 2.73 bits per heavy atom. The fraction of sp³-hybridized carbons (Fsp3) is 0.0556. The van der Waals surface area contributed by atoms with Gasteiger partial charge in [0.05, 0.1) is 21.2 Å². The van der Waals surface area contributed by atoms with Crippen LogP contribution in [0.25, 0.3) is 6.08 Å². The first-order valence-corrected chi connectivity index (χ1v) is 8.63. The highest BCUT2D eigenvalue weighted by atomic mass is 35.5. The lowest BCUT2D eigenvalue weighted by molar-refractivity contribution is -0.121. The molecule has 1 aliphatic rings. The van der Waals surface area contributed by atoms with E-state index in [-0.39, 0.29) is 22.2 Å². The van der Waals surface area contributed by atoms with Crippen LogP contribution in [0.15, 0.2) is 52.4 Å². The molecule has 0 spiro atoms. The average Bonchev–Trinajstić information content (AvgIpc) is 2.86. The third-order valence-electron chi connectivity index (χ3n) is 3.59. The van der Waals surface area contributed by atoms with Gasteiger partial charge in [0, 0.05) is 7.05 Å². The number of thioether (sulfide) groups is 1. The Bertz CT molecular complexity index is 971. The fourth-order valence-electron chi connectivity index (χ4n) is 2.23. The molecular formula is C18H13ClN2O4S. The van der Waals surface area contributed by atoms with E-state index in [0.717, 1.165) is 0 Å². The SMILES string of the molecule is CN1C(=O)/C(=C/c2ccc(O)c(Cl)c2)SC1=Nc1cccc(C(=O)O)c1. The molecule has 1 amide bonds. The van der Waals surface area contributed by atoms with Crippen LogP contribution in [0.5, 0.6) is 5.75 Å². The molecule has 132 valence electrons. The van der Waals surface area contributed by atoms with Crippen molar-refractivity contribution in [3.63, 3.8) is 0 Å². The summed E-state index contributed by atoms with van der Waals surface area (Å²) in [5.74, 6) is -1.30. The number of carboxylic acid groups (broad SMARTS) is 1. The third kappa shape index (κ3) is 3.74. The predicted molar refractivity (Wildman–Crippen MR) is 102 cm³/mol. The molecule has 6 nitrogen and oxygen atoms in total. The summed E-state index contributed by atoms with van der Waals surface area (Å²) in [4.78, 5) is 29.7. The summed E-state index contributed by atoms with van der Waals surface area (Å²) in [6.45, 7) is 0. The van der Waals surface area contributed by atoms with Gasteiger partial charge in [-0.15, -0.1) is 0 Å². The van der Waals surface area contributed by atoms with Gasteiger partial charge in [-0.2, -0.15) is 0 Å². The van der Waals surface area contributed by atoms with Crippen molar-refractivity contribution in [2.75, 3.05) is 7.05 Å². The maximum atomic E-state index is 12.4. The number of rotatable bonds is 3. The molecule has 26 heavy (non-hydrogen) atoms. The molecule has 2 aromatic rings. The van der Waals surface area contributed by atoms with Crippen LogP contribution in [0, 0.1) is 0 Å². The van der Waals surface area contributed by atoms with E-state index >= 15 is 0 Å². The lowest BCUT2D eigenvalue weighted by atomic mass is 10.2. The molecule has 1 aliphatic heterocycles. The van der Waals surface area contributed by atoms with Crippen LogP contribution >= 0.6 is 23.4 Å². The van der Waals surface area contributed by atoms with Crippen LogP contribution in [-0.2, 0) is 4.79 Å². The molecule has 0 unspecified atom stereocenters. The molecule has 3 rings (SSSR count). The molecule has 0 aromatic heterocycles. The highest BCUT2D eigenvalue weighted by Gasteiger charge is 2.30. The van der Waals surface area contributed by atoms with E-state index in [2.05, 4.69) is 4.99 Å². The zero-order valence-corrected chi connectivity index (χ0v) is 15.1. The first kappa shape index (κ1) is 18.0. The number of carboxylic acids is 1. The number of hydrogen-bond acceptors (Lipinski definition) is 5. The number of aromatic carboxylic acids is 1. The first-order chi connectivity index (χ1) is 12.3. The Kier molecular flexibility index (Phi) is 5.01. The number of hydrogen-bond donors (Lipinski definition) is 2. The summed E-state index contributed by atoms with van der Waals surface area (Å²) in [6.07, 6.45) is 1.66. The summed E-state index contributed by atoms with van der Waals surface area (Å²) >= 11 is 7.06. The molecule has 1 fully saturated rings. The number of nitrogens with zero attached hydrogens (tertiary/aromatic N) is 2. The highest BCUT2D eigenvalue weighted by Crippen LogP contribution is 2.34. The number of halogens is 1. The second kappa shape index (κ2) is 7.23. The van der Waals surface area contributed by atoms with E-state index in [0.29, 0.717) is 21.3 Å². The van der Waals surface area contributed by atoms with Crippen LogP contribution in [0.1, 0.15) is 15.9 Å². The van der Waals surface area contributed by atoms with E-state index in [9.17, 15) is 14.7 Å². The molecule has 1 heterocycles. The Labute approximate surface area is 158 Å². The minimum Gasteiger partial charge on any atom is -0.506 e. The van der Waals surface area contributed by atoms with Crippen molar-refractivity contribution in [2.24, 2.45) is 4.99 Å². The van der Waals surface area contributed by atoms with Crippen molar-refractivity contribution < 1.29 is 19.8 Å². The van der Waals surface area contributed by atoms with Gasteiger partial charge in [-0.25, -0.2) is 9.79 Å². The quantitative estimate of drug-likeness (QED) is 0.776. The van der Waals surface area contributed by atoms with Gasteiger partial charge in [0.1, 0.15) is 5.75 Å². The van der Waals surface area contributed by atoms with Crippen molar-refractivity contribution in [1.82, 2.24) is 4.90 Å². The molecule has 2 N–H and O–H groups in total. The summed E-state index contributed by atoms with van der Waals surface area (Å²) in [7, 11) is 1.60. The zero-order valence-electron chi connectivity index (χ0n) is 13.5. The smallest absolute Gasteiger partial charge is 0.335 e. The normalized spacial score (nSPS) is 17.3. The summed E-state index contributed by atoms with van der Waals surface area (Å²) < 4.78 is 0. The number of carbonyl (C=O) groups excluding carboxylic acids is 1. The van der Waals surface area contributed by atoms with Gasteiger partial charge in [0.25, 0.3) is 5.91 Å². The Morgan fingerprint density at radius 1 is 1.27 bits per heavy atom. The predicted octanol–water partition coefficient (Wildman–Crippen LogP) is 3.98. The first-order valence-electron chi connectivity index (χ1n) is 7.43. The number of aliphatic imine (C=N–C) groups is 1. The molecular weight excluding hydrogens is 376 g/mol. The number of amidine groups is 1. The van der Waals surface area contributed by atoms with Gasteiger partial charge in [-0.05, 0) is 53.7 Å². The maximum absolute atomic E-state index is 12.4. The van der Waals surface area contributed by atoms with E-state index in [1.165, 1.54) is 34.9 Å². The Morgan fingerprint density at radius 2 is 2.04 bits per heavy atom. The van der Waals surface area contributed by atoms with Gasteiger partial charge in [0.2, 0.25) is 0 Å². The average molecular weight is 389 g/mol. The van der Waals surface area contributed by atoms with Crippen LogP contribution in [-0.4, -0.2) is 39.2 Å². The van der Waals surface area contributed by atoms with Gasteiger partial charge >= 0.3 is 5.97 Å². The molecule has 1 saturated heterocycles. The summed E-state index contributed by atoms with van der Waals surface area (Å²) in [5, 5.41) is 19.2. The van der Waals surface area contributed by atoms with Crippen molar-refractivity contribution in [2.45, 2.75) is 0 Å². The number of aromatic hydroxyl groups is 1. The molecule has 2 aromatic carbocycles. The Balaban J connectivity index is 1.91. The molecule has 0 bridgehead atoms. The lowest BCUT2D eigenvalue weighted by Gasteiger charge is -2.07. The van der Waals surface area contributed by atoms with E-state index < -0.39 is 5.97 Å². The summed E-state index contributed by atoms with van der Waals surface area (Å²) in [5.41, 5.74) is 1.24. The van der Waals surface area contributed by atoms with Crippen molar-refractivity contribution in [3.05, 3.63) is 63.5 Å². The van der Waals surface area contributed by atoms with Crippen molar-refractivity contribution in [1.29, 1.82) is 0 Å². The topological polar surface area (TPSA) is 90.2 Å². The number of carbonyl (C=O) groups is 2. The second-order valence-electron chi connectivity index (χ2n) is 5.44. The second-order valence-corrected chi connectivity index (χ2v) is 6.85. The van der Waals surface area contributed by atoms with Gasteiger partial charge in [-0.1, -0.05) is 23.7 Å². The molecule has 0 atom stereocenters. The standard InChI is InChI=1S/C18H13ClN2O4S/c1-21-16(23)15(8-10-5-6-14(22)13(19)7-10)26-18(21)20-12-4-2-3-11(9-12)17(24)25/h2-9,22H,1H3,(H,24,25)/b15-8-,20-18?. The number of phenols is 1. The largest absolute Gasteiger partial charge is 0.506 e. The van der Waals surface area contributed by atoms with Crippen LogP contribution < -0.4 is 0 Å². The fourth-order valence-corrected chi connectivity index (χ4v) is 3.41. The molecule has 0 radical (unpaired) electrons. The zero-order chi connectivity index (χ0) is 18.8. The van der Waals surface area contributed by atoms with Crippen LogP contribution in [0.4, 0.5) is 5.69 Å². The van der Waals surface area contributed by atoms with Crippen LogP contribution in [0.3, 0.4) is 0 Å². The van der Waals surface area contributed by atoms with Crippen molar-refractivity contribution in [3.8, 4) is 5.75 Å². The van der Waals surface area contributed by atoms with Gasteiger partial charge in [-0.3, -0.25) is 9.69 Å². The summed E-state index contributed by atoms with van der Waals surface area (Å²) in [6, 6.07) is 10.8. The minimum atomic E-state index is -1.04. The van der Waals surface area contributed by atoms with Gasteiger partial charge < -0.3 is 10.2 Å². The monoisotopic (exact) mass is 388 g/mol. The maximum Gasteiger partial charge on any atom is 0.335 e. The number of amides is 1. The molecule has 8 heteroatoms. The highest BCUT2D eigenvalue weighted by molar-refractivity contribution is 8.18. The number of phenolic OH excluding ortho intramolecular Hbond substituents is 1. The number of likely N-dealkylation sites (N-methyl/N-ethyl adjacent to an activating group) is 1. The van der Waals surface area contributed by atoms with Gasteiger partial charge in [0.15, 0.2) is 5.17 Å². The third-order valence-corrected chi connectivity index (χ3v) is 4.95. The number of benzene rings is 2. The van der Waals surface area contributed by atoms with E-state index in [4.69, 9.17) is 16.7 Å². The lowest BCUT2D eigenvalue weighted by Crippen LogP contribution is -2.23. The minimum absolute atomic E-state index is 0.0306. The van der Waals surface area contributed by atoms with E-state index in [1.54, 1.807) is 37.4 Å².